The summed E-state index contributed by atoms with van der Waals surface area (Å²) in [4.78, 5) is 12.0. The topological polar surface area (TPSA) is 52.3 Å². The molecule has 1 rings (SSSR count). The highest BCUT2D eigenvalue weighted by atomic mass is 19.1. The van der Waals surface area contributed by atoms with E-state index in [1.54, 1.807) is 30.3 Å². The Balaban J connectivity index is 3.43. The molecular formula is C13H18FNO2. The number of benzene rings is 1. The van der Waals surface area contributed by atoms with E-state index in [4.69, 9.17) is 10.5 Å². The molecule has 2 N–H and O–H groups in total. The Bertz CT molecular complexity index is 386. The number of nitrogens with two attached hydrogens (primary N) is 1. The van der Waals surface area contributed by atoms with Gasteiger partial charge < -0.3 is 10.5 Å². The summed E-state index contributed by atoms with van der Waals surface area (Å²) < 4.78 is 19.2. The molecule has 1 aromatic rings. The number of hydrogen-bond donors (Lipinski definition) is 1. The van der Waals surface area contributed by atoms with E-state index in [9.17, 15) is 9.18 Å². The molecule has 0 amide bonds. The molecule has 3 nitrogen and oxygen atoms in total. The fraction of sp³-hybridized carbons (Fsp3) is 0.462. The van der Waals surface area contributed by atoms with Gasteiger partial charge in [-0.05, 0) is 19.4 Å². The van der Waals surface area contributed by atoms with Crippen molar-refractivity contribution < 1.29 is 13.9 Å². The largest absolute Gasteiger partial charge is 0.468 e. The van der Waals surface area contributed by atoms with E-state index in [1.807, 2.05) is 0 Å². The number of carbonyl (C=O) groups is 1. The minimum Gasteiger partial charge on any atom is -0.468 e. The lowest BCUT2D eigenvalue weighted by molar-refractivity contribution is -0.153. The van der Waals surface area contributed by atoms with Crippen LogP contribution in [0.15, 0.2) is 30.3 Å². The van der Waals surface area contributed by atoms with Gasteiger partial charge in [-0.1, -0.05) is 30.3 Å². The third-order valence-electron chi connectivity index (χ3n) is 3.12. The first-order valence-corrected chi connectivity index (χ1v) is 5.43. The average Bonchev–Trinajstić information content (AvgIpc) is 2.30. The van der Waals surface area contributed by atoms with Crippen LogP contribution in [0.2, 0.25) is 0 Å². The molecule has 0 saturated carbocycles. The van der Waals surface area contributed by atoms with Crippen molar-refractivity contribution in [3.8, 4) is 0 Å². The molecule has 0 fully saturated rings. The van der Waals surface area contributed by atoms with Crippen molar-refractivity contribution in [1.29, 1.82) is 0 Å². The molecule has 0 aliphatic rings. The number of esters is 1. The Labute approximate surface area is 101 Å². The number of rotatable bonds is 4. The molecule has 1 unspecified atom stereocenters. The Hall–Kier alpha value is -1.42. The zero-order chi connectivity index (χ0) is 13.1. The molecule has 0 aromatic heterocycles. The van der Waals surface area contributed by atoms with E-state index in [0.717, 1.165) is 0 Å². The Morgan fingerprint density at radius 1 is 1.35 bits per heavy atom. The third kappa shape index (κ3) is 2.17. The Morgan fingerprint density at radius 3 is 2.24 bits per heavy atom. The van der Waals surface area contributed by atoms with Crippen molar-refractivity contribution in [1.82, 2.24) is 0 Å². The molecule has 1 aromatic carbocycles. The highest BCUT2D eigenvalue weighted by molar-refractivity contribution is 5.85. The zero-order valence-corrected chi connectivity index (χ0v) is 10.4. The van der Waals surface area contributed by atoms with Crippen molar-refractivity contribution in [2.24, 2.45) is 5.73 Å². The van der Waals surface area contributed by atoms with E-state index in [2.05, 4.69) is 0 Å². The second kappa shape index (κ2) is 4.84. The number of ether oxygens (including phenoxy) is 1. The molecule has 0 bridgehead atoms. The zero-order valence-electron chi connectivity index (χ0n) is 10.4. The van der Waals surface area contributed by atoms with Crippen molar-refractivity contribution in [3.05, 3.63) is 35.9 Å². The number of carbonyl (C=O) groups excluding carboxylic acids is 1. The van der Waals surface area contributed by atoms with Crippen LogP contribution in [0.25, 0.3) is 0 Å². The maximum atomic E-state index is 14.5. The van der Waals surface area contributed by atoms with Crippen LogP contribution >= 0.6 is 0 Å². The molecule has 0 spiro atoms. The summed E-state index contributed by atoms with van der Waals surface area (Å²) in [6.45, 7) is 2.53. The van der Waals surface area contributed by atoms with Crippen LogP contribution in [0.1, 0.15) is 19.4 Å². The first-order chi connectivity index (χ1) is 7.90. The normalized spacial score (nSPS) is 15.1. The van der Waals surface area contributed by atoms with Crippen LogP contribution in [0.5, 0.6) is 0 Å². The maximum Gasteiger partial charge on any atom is 0.320 e. The SMILES string of the molecule is COC(=O)C(CN)(c1ccccc1)C(C)(C)F. The fourth-order valence-corrected chi connectivity index (χ4v) is 2.04. The number of methoxy groups -OCH3 is 1. The average molecular weight is 239 g/mol. The lowest BCUT2D eigenvalue weighted by atomic mass is 9.69. The molecule has 0 radical (unpaired) electrons. The van der Waals surface area contributed by atoms with E-state index in [-0.39, 0.29) is 6.54 Å². The minimum atomic E-state index is -1.81. The summed E-state index contributed by atoms with van der Waals surface area (Å²) in [7, 11) is 1.24. The van der Waals surface area contributed by atoms with E-state index in [1.165, 1.54) is 21.0 Å². The van der Waals surface area contributed by atoms with Gasteiger partial charge in [-0.3, -0.25) is 4.79 Å². The second-order valence-corrected chi connectivity index (χ2v) is 4.44. The number of halogens is 1. The second-order valence-electron chi connectivity index (χ2n) is 4.44. The molecule has 0 saturated heterocycles. The summed E-state index contributed by atoms with van der Waals surface area (Å²) in [5.41, 5.74) is 2.91. The molecule has 17 heavy (non-hydrogen) atoms. The van der Waals surface area contributed by atoms with Crippen LogP contribution in [-0.4, -0.2) is 25.3 Å². The maximum absolute atomic E-state index is 14.5. The summed E-state index contributed by atoms with van der Waals surface area (Å²) in [5.74, 6) is -0.654. The predicted molar refractivity (Wildman–Crippen MR) is 64.4 cm³/mol. The Morgan fingerprint density at radius 2 is 1.88 bits per heavy atom. The number of hydrogen-bond acceptors (Lipinski definition) is 3. The molecule has 0 aliphatic heterocycles. The van der Waals surface area contributed by atoms with Crippen LogP contribution in [0.3, 0.4) is 0 Å². The van der Waals surface area contributed by atoms with Gasteiger partial charge in [-0.2, -0.15) is 0 Å². The van der Waals surface area contributed by atoms with Crippen molar-refractivity contribution >= 4 is 5.97 Å². The van der Waals surface area contributed by atoms with Gasteiger partial charge in [0.2, 0.25) is 0 Å². The summed E-state index contributed by atoms with van der Waals surface area (Å²) in [6.07, 6.45) is 0. The van der Waals surface area contributed by atoms with Gasteiger partial charge in [0.15, 0.2) is 0 Å². The first-order valence-electron chi connectivity index (χ1n) is 5.43. The van der Waals surface area contributed by atoms with Gasteiger partial charge in [0.1, 0.15) is 11.1 Å². The quantitative estimate of drug-likeness (QED) is 0.815. The summed E-state index contributed by atoms with van der Waals surface area (Å²) >= 11 is 0. The standard InChI is InChI=1S/C13H18FNO2/c1-12(2,14)13(9-15,11(16)17-3)10-7-5-4-6-8-10/h4-8H,9,15H2,1-3H3. The first kappa shape index (κ1) is 13.6. The van der Waals surface area contributed by atoms with Crippen LogP contribution < -0.4 is 5.73 Å². The van der Waals surface area contributed by atoms with Gasteiger partial charge >= 0.3 is 5.97 Å². The van der Waals surface area contributed by atoms with Gasteiger partial charge in [0.05, 0.1) is 7.11 Å². The highest BCUT2D eigenvalue weighted by Crippen LogP contribution is 2.38. The van der Waals surface area contributed by atoms with Crippen molar-refractivity contribution in [2.75, 3.05) is 13.7 Å². The van der Waals surface area contributed by atoms with Crippen molar-refractivity contribution in [2.45, 2.75) is 24.9 Å². The van der Waals surface area contributed by atoms with Gasteiger partial charge in [-0.15, -0.1) is 0 Å². The van der Waals surface area contributed by atoms with E-state index >= 15 is 0 Å². The minimum absolute atomic E-state index is 0.146. The molecule has 0 aliphatic carbocycles. The molecule has 1 atom stereocenters. The van der Waals surface area contributed by atoms with E-state index < -0.39 is 17.1 Å². The predicted octanol–water partition coefficient (Wildman–Crippen LogP) is 1.80. The Kier molecular flexibility index (Phi) is 3.88. The smallest absolute Gasteiger partial charge is 0.320 e. The lowest BCUT2D eigenvalue weighted by Gasteiger charge is -2.38. The summed E-state index contributed by atoms with van der Waals surface area (Å²) in [6, 6.07) is 8.66. The molecule has 94 valence electrons. The monoisotopic (exact) mass is 239 g/mol. The van der Waals surface area contributed by atoms with Crippen LogP contribution in [-0.2, 0) is 14.9 Å². The van der Waals surface area contributed by atoms with Crippen LogP contribution in [0, 0.1) is 0 Å². The third-order valence-corrected chi connectivity index (χ3v) is 3.12. The van der Waals surface area contributed by atoms with Gasteiger partial charge in [-0.25, -0.2) is 4.39 Å². The highest BCUT2D eigenvalue weighted by Gasteiger charge is 2.53. The van der Waals surface area contributed by atoms with Crippen LogP contribution in [0.4, 0.5) is 4.39 Å². The fourth-order valence-electron chi connectivity index (χ4n) is 2.04. The van der Waals surface area contributed by atoms with Gasteiger partial charge in [0.25, 0.3) is 0 Å². The molecular weight excluding hydrogens is 221 g/mol. The summed E-state index contributed by atoms with van der Waals surface area (Å²) in [5, 5.41) is 0. The molecule has 0 heterocycles. The number of alkyl halides is 1. The lowest BCUT2D eigenvalue weighted by Crippen LogP contribution is -2.56. The van der Waals surface area contributed by atoms with Gasteiger partial charge in [0, 0.05) is 6.54 Å². The van der Waals surface area contributed by atoms with Crippen molar-refractivity contribution in [3.63, 3.8) is 0 Å². The molecule has 4 heteroatoms. The van der Waals surface area contributed by atoms with E-state index in [0.29, 0.717) is 5.56 Å².